The molecule has 0 N–H and O–H groups in total. The van der Waals surface area contributed by atoms with Gasteiger partial charge in [-0.3, -0.25) is 0 Å². The molecule has 0 aliphatic heterocycles. The number of hydrogen-bond donors (Lipinski definition) is 0. The average Bonchev–Trinajstić information content (AvgIpc) is 2.26. The Labute approximate surface area is 95.7 Å². The van der Waals surface area contributed by atoms with Crippen molar-refractivity contribution in [2.75, 3.05) is 0 Å². The Morgan fingerprint density at radius 2 is 1.82 bits per heavy atom. The van der Waals surface area contributed by atoms with Crippen LogP contribution in [0.1, 0.15) is 5.56 Å². The number of aryl methyl sites for hydroxylation is 1. The van der Waals surface area contributed by atoms with Crippen LogP contribution in [0.3, 0.4) is 0 Å². The van der Waals surface area contributed by atoms with Crippen LogP contribution in [0.15, 0.2) is 30.3 Å². The fraction of sp³-hybridized carbons (Fsp3) is 0.0833. The van der Waals surface area contributed by atoms with Crippen molar-refractivity contribution in [3.8, 4) is 11.6 Å². The summed E-state index contributed by atoms with van der Waals surface area (Å²) in [6.07, 6.45) is 0. The van der Waals surface area contributed by atoms with Crippen molar-refractivity contribution < 1.29 is 17.9 Å². The van der Waals surface area contributed by atoms with Crippen molar-refractivity contribution in [2.24, 2.45) is 0 Å². The van der Waals surface area contributed by atoms with Gasteiger partial charge in [-0.25, -0.2) is 8.78 Å². The lowest BCUT2D eigenvalue weighted by Gasteiger charge is -2.06. The van der Waals surface area contributed by atoms with Crippen LogP contribution in [0.4, 0.5) is 13.2 Å². The van der Waals surface area contributed by atoms with Crippen LogP contribution >= 0.6 is 0 Å². The predicted octanol–water partition coefficient (Wildman–Crippen LogP) is 3.60. The molecule has 2 rings (SSSR count). The third-order valence-electron chi connectivity index (χ3n) is 2.06. The molecule has 0 atom stereocenters. The topological polar surface area (TPSA) is 22.1 Å². The quantitative estimate of drug-likeness (QED) is 0.747. The number of aromatic nitrogens is 1. The Morgan fingerprint density at radius 3 is 2.53 bits per heavy atom. The summed E-state index contributed by atoms with van der Waals surface area (Å²) in [6, 6.07) is 7.11. The summed E-state index contributed by atoms with van der Waals surface area (Å²) in [7, 11) is 0. The van der Waals surface area contributed by atoms with Gasteiger partial charge in [-0.15, -0.1) is 0 Å². The Kier molecular flexibility index (Phi) is 2.99. The highest BCUT2D eigenvalue weighted by molar-refractivity contribution is 5.31. The molecule has 1 aromatic carbocycles. The van der Waals surface area contributed by atoms with E-state index in [2.05, 4.69) is 4.98 Å². The fourth-order valence-electron chi connectivity index (χ4n) is 1.29. The number of ether oxygens (including phenoxy) is 1. The van der Waals surface area contributed by atoms with Gasteiger partial charge in [0, 0.05) is 6.07 Å². The van der Waals surface area contributed by atoms with Gasteiger partial charge in [0.2, 0.25) is 0 Å². The molecule has 0 aliphatic rings. The Bertz CT molecular complexity index is 557. The van der Waals surface area contributed by atoms with Crippen LogP contribution in [0.5, 0.6) is 11.6 Å². The van der Waals surface area contributed by atoms with Gasteiger partial charge >= 0.3 is 0 Å². The SMILES string of the molecule is Cc1cccc(Oc2nc(F)c(F)cc2F)c1. The summed E-state index contributed by atoms with van der Waals surface area (Å²) in [4.78, 5) is 3.06. The molecule has 0 radical (unpaired) electrons. The second-order valence-corrected chi connectivity index (χ2v) is 3.47. The van der Waals surface area contributed by atoms with Gasteiger partial charge in [-0.05, 0) is 24.6 Å². The van der Waals surface area contributed by atoms with Crippen LogP contribution in [0.2, 0.25) is 0 Å². The second-order valence-electron chi connectivity index (χ2n) is 3.47. The number of hydrogen-bond acceptors (Lipinski definition) is 2. The zero-order valence-corrected chi connectivity index (χ0v) is 8.88. The summed E-state index contributed by atoms with van der Waals surface area (Å²) in [5.74, 6) is -4.07. The maximum absolute atomic E-state index is 13.2. The number of halogens is 3. The van der Waals surface area contributed by atoms with Gasteiger partial charge in [0.1, 0.15) is 5.75 Å². The van der Waals surface area contributed by atoms with Crippen LogP contribution in [-0.2, 0) is 0 Å². The number of rotatable bonds is 2. The van der Waals surface area contributed by atoms with E-state index >= 15 is 0 Å². The lowest BCUT2D eigenvalue weighted by molar-refractivity contribution is 0.387. The van der Waals surface area contributed by atoms with Crippen molar-refractivity contribution in [3.05, 3.63) is 53.5 Å². The fourth-order valence-corrected chi connectivity index (χ4v) is 1.29. The molecule has 0 saturated carbocycles. The van der Waals surface area contributed by atoms with Gasteiger partial charge in [0.25, 0.3) is 11.8 Å². The highest BCUT2D eigenvalue weighted by Crippen LogP contribution is 2.24. The molecule has 0 bridgehead atoms. The van der Waals surface area contributed by atoms with Gasteiger partial charge in [-0.1, -0.05) is 12.1 Å². The first kappa shape index (κ1) is 11.4. The molecule has 0 saturated heterocycles. The van der Waals surface area contributed by atoms with Crippen LogP contribution in [0, 0.1) is 24.5 Å². The highest BCUT2D eigenvalue weighted by Gasteiger charge is 2.13. The van der Waals surface area contributed by atoms with Crippen molar-refractivity contribution in [1.29, 1.82) is 0 Å². The van der Waals surface area contributed by atoms with E-state index in [1.165, 1.54) is 0 Å². The number of nitrogens with zero attached hydrogens (tertiary/aromatic N) is 1. The van der Waals surface area contributed by atoms with E-state index in [1.54, 1.807) is 18.2 Å². The maximum atomic E-state index is 13.2. The molecule has 5 heteroatoms. The Morgan fingerprint density at radius 1 is 1.06 bits per heavy atom. The molecule has 1 aromatic heterocycles. The van der Waals surface area contributed by atoms with E-state index in [9.17, 15) is 13.2 Å². The molecule has 0 unspecified atom stereocenters. The van der Waals surface area contributed by atoms with Crippen molar-refractivity contribution in [1.82, 2.24) is 4.98 Å². The van der Waals surface area contributed by atoms with Crippen LogP contribution in [0.25, 0.3) is 0 Å². The largest absolute Gasteiger partial charge is 0.436 e. The molecule has 0 fully saturated rings. The first-order valence-corrected chi connectivity index (χ1v) is 4.82. The van der Waals surface area contributed by atoms with E-state index in [4.69, 9.17) is 4.74 Å². The average molecular weight is 239 g/mol. The zero-order chi connectivity index (χ0) is 12.4. The first-order valence-electron chi connectivity index (χ1n) is 4.82. The third kappa shape index (κ3) is 2.55. The zero-order valence-electron chi connectivity index (χ0n) is 8.88. The lowest BCUT2D eigenvalue weighted by Crippen LogP contribution is -1.98. The monoisotopic (exact) mass is 239 g/mol. The van der Waals surface area contributed by atoms with Gasteiger partial charge < -0.3 is 4.74 Å². The van der Waals surface area contributed by atoms with Crippen molar-refractivity contribution >= 4 is 0 Å². The van der Waals surface area contributed by atoms with Gasteiger partial charge in [0.15, 0.2) is 11.6 Å². The molecule has 0 amide bonds. The van der Waals surface area contributed by atoms with Crippen LogP contribution in [-0.4, -0.2) is 4.98 Å². The predicted molar refractivity (Wildman–Crippen MR) is 55.4 cm³/mol. The van der Waals surface area contributed by atoms with Crippen LogP contribution < -0.4 is 4.74 Å². The Hall–Kier alpha value is -2.04. The van der Waals surface area contributed by atoms with Crippen molar-refractivity contribution in [3.63, 3.8) is 0 Å². The van der Waals surface area contributed by atoms with Crippen molar-refractivity contribution in [2.45, 2.75) is 6.92 Å². The van der Waals surface area contributed by atoms with E-state index in [1.807, 2.05) is 13.0 Å². The van der Waals surface area contributed by atoms with E-state index in [-0.39, 0.29) is 0 Å². The standard InChI is InChI=1S/C12H8F3NO/c1-7-3-2-4-8(5-7)17-12-10(14)6-9(13)11(15)16-12/h2-6H,1H3. The molecular formula is C12H8F3NO. The maximum Gasteiger partial charge on any atom is 0.258 e. The molecule has 17 heavy (non-hydrogen) atoms. The number of benzene rings is 1. The summed E-state index contributed by atoms with van der Waals surface area (Å²) in [5, 5.41) is 0. The second kappa shape index (κ2) is 4.45. The molecule has 88 valence electrons. The molecule has 0 aliphatic carbocycles. The van der Waals surface area contributed by atoms with Gasteiger partial charge in [0.05, 0.1) is 0 Å². The van der Waals surface area contributed by atoms with Gasteiger partial charge in [-0.2, -0.15) is 9.37 Å². The smallest absolute Gasteiger partial charge is 0.258 e. The van der Waals surface area contributed by atoms with E-state index in [0.29, 0.717) is 11.8 Å². The molecule has 1 heterocycles. The molecular weight excluding hydrogens is 231 g/mol. The van der Waals surface area contributed by atoms with E-state index in [0.717, 1.165) is 5.56 Å². The Balaban J connectivity index is 2.33. The highest BCUT2D eigenvalue weighted by atomic mass is 19.2. The lowest BCUT2D eigenvalue weighted by atomic mass is 10.2. The molecule has 2 aromatic rings. The summed E-state index contributed by atoms with van der Waals surface area (Å²) in [6.45, 7) is 1.82. The summed E-state index contributed by atoms with van der Waals surface area (Å²) in [5.41, 5.74) is 0.894. The van der Waals surface area contributed by atoms with E-state index < -0.39 is 23.5 Å². The minimum atomic E-state index is -1.39. The third-order valence-corrected chi connectivity index (χ3v) is 2.06. The summed E-state index contributed by atoms with van der Waals surface area (Å²) >= 11 is 0. The minimum absolute atomic E-state index is 0.308. The molecule has 2 nitrogen and oxygen atoms in total. The first-order chi connectivity index (χ1) is 8.06. The number of pyridine rings is 1. The minimum Gasteiger partial charge on any atom is -0.436 e. The molecule has 0 spiro atoms. The normalized spacial score (nSPS) is 10.4. The summed E-state index contributed by atoms with van der Waals surface area (Å²) < 4.78 is 43.7.